The lowest BCUT2D eigenvalue weighted by Crippen LogP contribution is -2.39. The van der Waals surface area contributed by atoms with Crippen molar-refractivity contribution in [3.63, 3.8) is 0 Å². The summed E-state index contributed by atoms with van der Waals surface area (Å²) in [4.78, 5) is 6.32. The largest absolute Gasteiger partial charge is 0.398 e. The maximum Gasteiger partial charge on any atom is 0.0821 e. The standard InChI is InChI=1S/C16H21N3O/c1-19(11-16(20)7-2-3-8-16)15-5-4-14(17)12-6-9-18-10-13(12)15/h4-6,9-10,20H,2-3,7-8,11,17H2,1H3. The van der Waals surface area contributed by atoms with Gasteiger partial charge in [0.05, 0.1) is 5.60 Å². The maximum atomic E-state index is 10.6. The molecular weight excluding hydrogens is 250 g/mol. The minimum absolute atomic E-state index is 0.551. The van der Waals surface area contributed by atoms with Crippen LogP contribution in [0.3, 0.4) is 0 Å². The molecule has 0 amide bonds. The number of aliphatic hydroxyl groups is 1. The molecule has 0 bridgehead atoms. The van der Waals surface area contributed by atoms with E-state index in [4.69, 9.17) is 5.73 Å². The molecule has 20 heavy (non-hydrogen) atoms. The van der Waals surface area contributed by atoms with E-state index in [0.29, 0.717) is 6.54 Å². The predicted molar refractivity (Wildman–Crippen MR) is 82.8 cm³/mol. The average molecular weight is 271 g/mol. The van der Waals surface area contributed by atoms with E-state index >= 15 is 0 Å². The summed E-state index contributed by atoms with van der Waals surface area (Å²) in [6, 6.07) is 5.87. The molecule has 1 saturated carbocycles. The molecule has 1 aliphatic carbocycles. The quantitative estimate of drug-likeness (QED) is 0.842. The summed E-state index contributed by atoms with van der Waals surface area (Å²) in [6.07, 6.45) is 7.62. The van der Waals surface area contributed by atoms with Gasteiger partial charge in [0.2, 0.25) is 0 Å². The number of likely N-dealkylation sites (N-methyl/N-ethyl adjacent to an activating group) is 1. The lowest BCUT2D eigenvalue weighted by atomic mass is 10.0. The fraction of sp³-hybridized carbons (Fsp3) is 0.438. The van der Waals surface area contributed by atoms with E-state index in [1.807, 2.05) is 31.4 Å². The Balaban J connectivity index is 1.95. The summed E-state index contributed by atoms with van der Waals surface area (Å²) in [7, 11) is 2.02. The summed E-state index contributed by atoms with van der Waals surface area (Å²) in [5, 5.41) is 12.6. The smallest absolute Gasteiger partial charge is 0.0821 e. The SMILES string of the molecule is CN(CC1(O)CCCC1)c1ccc(N)c2ccncc12. The molecule has 0 saturated heterocycles. The van der Waals surface area contributed by atoms with E-state index in [-0.39, 0.29) is 0 Å². The molecule has 1 fully saturated rings. The van der Waals surface area contributed by atoms with Gasteiger partial charge in [-0.25, -0.2) is 0 Å². The number of rotatable bonds is 3. The summed E-state index contributed by atoms with van der Waals surface area (Å²) in [5.41, 5.74) is 7.30. The number of nitrogens with two attached hydrogens (primary N) is 1. The van der Waals surface area contributed by atoms with E-state index in [0.717, 1.165) is 47.8 Å². The zero-order chi connectivity index (χ0) is 14.2. The molecule has 0 unspecified atom stereocenters. The Morgan fingerprint density at radius 2 is 2.00 bits per heavy atom. The van der Waals surface area contributed by atoms with Crippen LogP contribution in [0.4, 0.5) is 11.4 Å². The van der Waals surface area contributed by atoms with Gasteiger partial charge in [-0.15, -0.1) is 0 Å². The second-order valence-corrected chi connectivity index (χ2v) is 5.88. The number of pyridine rings is 1. The Hall–Kier alpha value is -1.81. The Labute approximate surface area is 119 Å². The monoisotopic (exact) mass is 271 g/mol. The van der Waals surface area contributed by atoms with Gasteiger partial charge in [-0.3, -0.25) is 4.98 Å². The van der Waals surface area contributed by atoms with Gasteiger partial charge in [0, 0.05) is 48.1 Å². The van der Waals surface area contributed by atoms with Gasteiger partial charge in [0.1, 0.15) is 0 Å². The van der Waals surface area contributed by atoms with E-state index in [9.17, 15) is 5.11 Å². The first-order valence-corrected chi connectivity index (χ1v) is 7.15. The topological polar surface area (TPSA) is 62.4 Å². The second kappa shape index (κ2) is 4.94. The van der Waals surface area contributed by atoms with E-state index < -0.39 is 5.60 Å². The number of benzene rings is 1. The molecule has 1 heterocycles. The fourth-order valence-electron chi connectivity index (χ4n) is 3.25. The van der Waals surface area contributed by atoms with Crippen LogP contribution in [0.2, 0.25) is 0 Å². The van der Waals surface area contributed by atoms with Crippen molar-refractivity contribution in [3.05, 3.63) is 30.6 Å². The van der Waals surface area contributed by atoms with Crippen LogP contribution in [0.15, 0.2) is 30.6 Å². The number of aromatic nitrogens is 1. The number of hydrogen-bond acceptors (Lipinski definition) is 4. The van der Waals surface area contributed by atoms with Crippen molar-refractivity contribution >= 4 is 22.1 Å². The zero-order valence-corrected chi connectivity index (χ0v) is 11.8. The highest BCUT2D eigenvalue weighted by Crippen LogP contribution is 2.34. The molecule has 1 aromatic carbocycles. The molecule has 1 aromatic heterocycles. The molecule has 1 aliphatic rings. The summed E-state index contributed by atoms with van der Waals surface area (Å²) in [6.45, 7) is 0.654. The third kappa shape index (κ3) is 2.31. The highest BCUT2D eigenvalue weighted by atomic mass is 16.3. The lowest BCUT2D eigenvalue weighted by Gasteiger charge is -2.30. The van der Waals surface area contributed by atoms with Gasteiger partial charge in [0.15, 0.2) is 0 Å². The molecule has 0 spiro atoms. The van der Waals surface area contributed by atoms with Crippen LogP contribution in [-0.4, -0.2) is 29.3 Å². The first kappa shape index (κ1) is 13.2. The molecule has 0 atom stereocenters. The van der Waals surface area contributed by atoms with Crippen LogP contribution in [0.1, 0.15) is 25.7 Å². The van der Waals surface area contributed by atoms with Crippen LogP contribution in [0.5, 0.6) is 0 Å². The van der Waals surface area contributed by atoms with Crippen LogP contribution in [0.25, 0.3) is 10.8 Å². The van der Waals surface area contributed by atoms with Crippen molar-refractivity contribution in [2.24, 2.45) is 0 Å². The van der Waals surface area contributed by atoms with Gasteiger partial charge < -0.3 is 15.7 Å². The lowest BCUT2D eigenvalue weighted by molar-refractivity contribution is 0.0560. The van der Waals surface area contributed by atoms with Crippen LogP contribution in [-0.2, 0) is 0 Å². The molecular formula is C16H21N3O. The van der Waals surface area contributed by atoms with Gasteiger partial charge >= 0.3 is 0 Å². The number of nitrogens with zero attached hydrogens (tertiary/aromatic N) is 2. The molecule has 106 valence electrons. The van der Waals surface area contributed by atoms with Crippen LogP contribution < -0.4 is 10.6 Å². The van der Waals surface area contributed by atoms with Gasteiger partial charge in [-0.1, -0.05) is 12.8 Å². The number of hydrogen-bond donors (Lipinski definition) is 2. The third-order valence-corrected chi connectivity index (χ3v) is 4.31. The Morgan fingerprint density at radius 1 is 1.25 bits per heavy atom. The molecule has 4 nitrogen and oxygen atoms in total. The molecule has 2 aromatic rings. The maximum absolute atomic E-state index is 10.6. The van der Waals surface area contributed by atoms with Crippen molar-refractivity contribution in [2.45, 2.75) is 31.3 Å². The molecule has 3 N–H and O–H groups in total. The third-order valence-electron chi connectivity index (χ3n) is 4.31. The predicted octanol–water partition coefficient (Wildman–Crippen LogP) is 2.56. The van der Waals surface area contributed by atoms with Crippen molar-refractivity contribution in [1.82, 2.24) is 4.98 Å². The van der Waals surface area contributed by atoms with E-state index in [1.165, 1.54) is 0 Å². The summed E-state index contributed by atoms with van der Waals surface area (Å²) >= 11 is 0. The van der Waals surface area contributed by atoms with Crippen molar-refractivity contribution < 1.29 is 5.11 Å². The molecule has 0 radical (unpaired) electrons. The van der Waals surface area contributed by atoms with Crippen LogP contribution >= 0.6 is 0 Å². The zero-order valence-electron chi connectivity index (χ0n) is 11.8. The number of nitrogen functional groups attached to an aromatic ring is 1. The van der Waals surface area contributed by atoms with Gasteiger partial charge in [0.25, 0.3) is 0 Å². The summed E-state index contributed by atoms with van der Waals surface area (Å²) < 4.78 is 0. The second-order valence-electron chi connectivity index (χ2n) is 5.88. The molecule has 4 heteroatoms. The highest BCUT2D eigenvalue weighted by Gasteiger charge is 2.32. The summed E-state index contributed by atoms with van der Waals surface area (Å²) in [5.74, 6) is 0. The van der Waals surface area contributed by atoms with Crippen LogP contribution in [0, 0.1) is 0 Å². The number of anilines is 2. The van der Waals surface area contributed by atoms with E-state index in [1.54, 1.807) is 6.20 Å². The molecule has 3 rings (SSSR count). The highest BCUT2D eigenvalue weighted by molar-refractivity contribution is 6.00. The normalized spacial score (nSPS) is 17.5. The van der Waals surface area contributed by atoms with Crippen molar-refractivity contribution in [2.75, 3.05) is 24.2 Å². The van der Waals surface area contributed by atoms with Gasteiger partial charge in [-0.2, -0.15) is 0 Å². The van der Waals surface area contributed by atoms with Crippen molar-refractivity contribution in [1.29, 1.82) is 0 Å². The average Bonchev–Trinajstić information content (AvgIpc) is 2.86. The number of fused-ring (bicyclic) bond motifs is 1. The van der Waals surface area contributed by atoms with Gasteiger partial charge in [-0.05, 0) is 31.0 Å². The van der Waals surface area contributed by atoms with E-state index in [2.05, 4.69) is 9.88 Å². The molecule has 0 aliphatic heterocycles. The minimum Gasteiger partial charge on any atom is -0.398 e. The first-order chi connectivity index (χ1) is 9.59. The minimum atomic E-state index is -0.551. The fourth-order valence-corrected chi connectivity index (χ4v) is 3.25. The Kier molecular flexibility index (Phi) is 3.26. The Bertz CT molecular complexity index is 620. The Morgan fingerprint density at radius 3 is 2.75 bits per heavy atom. The first-order valence-electron chi connectivity index (χ1n) is 7.15. The van der Waals surface area contributed by atoms with Crippen molar-refractivity contribution in [3.8, 4) is 0 Å².